The fourth-order valence-electron chi connectivity index (χ4n) is 3.28. The number of amides is 1. The zero-order chi connectivity index (χ0) is 17.2. The normalized spacial score (nSPS) is 16.1. The number of aromatic nitrogens is 1. The van der Waals surface area contributed by atoms with Gasteiger partial charge in [-0.3, -0.25) is 9.78 Å². The molecule has 126 valence electrons. The highest BCUT2D eigenvalue weighted by atomic mass is 35.5. The summed E-state index contributed by atoms with van der Waals surface area (Å²) < 4.78 is 0. The average Bonchev–Trinajstić information content (AvgIpc) is 3.01. The van der Waals surface area contributed by atoms with E-state index >= 15 is 0 Å². The lowest BCUT2D eigenvalue weighted by molar-refractivity contribution is 0.0156. The van der Waals surface area contributed by atoms with Crippen molar-refractivity contribution in [3.05, 3.63) is 53.3 Å². The first-order chi connectivity index (χ1) is 11.5. The van der Waals surface area contributed by atoms with Crippen molar-refractivity contribution in [1.82, 2.24) is 9.88 Å². The van der Waals surface area contributed by atoms with Crippen molar-refractivity contribution in [2.24, 2.45) is 0 Å². The van der Waals surface area contributed by atoms with E-state index in [9.17, 15) is 9.90 Å². The van der Waals surface area contributed by atoms with Gasteiger partial charge in [0.25, 0.3) is 5.91 Å². The van der Waals surface area contributed by atoms with Crippen LogP contribution in [0.3, 0.4) is 0 Å². The summed E-state index contributed by atoms with van der Waals surface area (Å²) in [6, 6.07) is 9.26. The van der Waals surface area contributed by atoms with Crippen molar-refractivity contribution < 1.29 is 9.90 Å². The average molecular weight is 345 g/mol. The van der Waals surface area contributed by atoms with Crippen LogP contribution in [0.5, 0.6) is 0 Å². The van der Waals surface area contributed by atoms with E-state index in [4.69, 9.17) is 11.6 Å². The molecular formula is C19H21ClN2O2. The molecule has 2 aromatic rings. The molecule has 1 saturated carbocycles. The topological polar surface area (TPSA) is 53.4 Å². The smallest absolute Gasteiger partial charge is 0.255 e. The summed E-state index contributed by atoms with van der Waals surface area (Å²) in [6.07, 6.45) is 6.85. The Morgan fingerprint density at radius 2 is 1.88 bits per heavy atom. The maximum absolute atomic E-state index is 12.7. The summed E-state index contributed by atoms with van der Waals surface area (Å²) in [4.78, 5) is 18.5. The number of hydrogen-bond acceptors (Lipinski definition) is 3. The van der Waals surface area contributed by atoms with Crippen molar-refractivity contribution in [2.75, 3.05) is 13.6 Å². The Bertz CT molecular complexity index is 724. The minimum absolute atomic E-state index is 0.126. The first-order valence-electron chi connectivity index (χ1n) is 8.16. The van der Waals surface area contributed by atoms with Crippen molar-refractivity contribution in [3.8, 4) is 11.1 Å². The van der Waals surface area contributed by atoms with E-state index in [-0.39, 0.29) is 5.91 Å². The Morgan fingerprint density at radius 3 is 2.54 bits per heavy atom. The van der Waals surface area contributed by atoms with Gasteiger partial charge >= 0.3 is 0 Å². The number of nitrogens with zero attached hydrogens (tertiary/aromatic N) is 2. The summed E-state index contributed by atoms with van der Waals surface area (Å²) in [5.74, 6) is -0.126. The van der Waals surface area contributed by atoms with Crippen molar-refractivity contribution in [3.63, 3.8) is 0 Å². The molecule has 0 atom stereocenters. The highest BCUT2D eigenvalue weighted by molar-refractivity contribution is 6.30. The Kier molecular flexibility index (Phi) is 4.88. The van der Waals surface area contributed by atoms with E-state index in [1.165, 1.54) is 0 Å². The second-order valence-electron chi connectivity index (χ2n) is 6.56. The van der Waals surface area contributed by atoms with Gasteiger partial charge in [-0.15, -0.1) is 0 Å². The van der Waals surface area contributed by atoms with Crippen LogP contribution in [0.15, 0.2) is 42.7 Å². The molecular weight excluding hydrogens is 324 g/mol. The first kappa shape index (κ1) is 16.9. The summed E-state index contributed by atoms with van der Waals surface area (Å²) in [5, 5.41) is 11.2. The van der Waals surface area contributed by atoms with E-state index < -0.39 is 5.60 Å². The lowest BCUT2D eigenvalue weighted by Gasteiger charge is -2.28. The van der Waals surface area contributed by atoms with E-state index in [0.29, 0.717) is 17.1 Å². The number of pyridine rings is 1. The molecule has 0 radical (unpaired) electrons. The maximum atomic E-state index is 12.7. The molecule has 5 heteroatoms. The Balaban J connectivity index is 1.77. The van der Waals surface area contributed by atoms with Crippen LogP contribution in [-0.4, -0.2) is 40.1 Å². The monoisotopic (exact) mass is 344 g/mol. The number of benzene rings is 1. The molecule has 0 unspecified atom stereocenters. The lowest BCUT2D eigenvalue weighted by Crippen LogP contribution is -2.42. The van der Waals surface area contributed by atoms with E-state index in [2.05, 4.69) is 4.98 Å². The summed E-state index contributed by atoms with van der Waals surface area (Å²) in [6.45, 7) is 0.358. The number of hydrogen-bond donors (Lipinski definition) is 1. The minimum atomic E-state index is -0.744. The van der Waals surface area contributed by atoms with Gasteiger partial charge in [-0.2, -0.15) is 0 Å². The Morgan fingerprint density at radius 1 is 1.21 bits per heavy atom. The number of aliphatic hydroxyl groups is 1. The van der Waals surface area contributed by atoms with Crippen LogP contribution in [0, 0.1) is 0 Å². The van der Waals surface area contributed by atoms with Crippen molar-refractivity contribution in [1.29, 1.82) is 0 Å². The third kappa shape index (κ3) is 3.77. The molecule has 24 heavy (non-hydrogen) atoms. The molecule has 0 spiro atoms. The molecule has 1 amide bonds. The standard InChI is InChI=1S/C19H21ClN2O2/c1-22(13-19(24)8-2-3-9-19)18(23)16-10-15(11-21-12-16)14-4-6-17(20)7-5-14/h4-7,10-12,24H,2-3,8-9,13H2,1H3. The number of likely N-dealkylation sites (N-methyl/N-ethyl adjacent to an activating group) is 1. The molecule has 1 heterocycles. The van der Waals surface area contributed by atoms with Gasteiger partial charge in [0, 0.05) is 36.6 Å². The van der Waals surface area contributed by atoms with Gasteiger partial charge in [0.2, 0.25) is 0 Å². The summed E-state index contributed by atoms with van der Waals surface area (Å²) in [7, 11) is 1.73. The zero-order valence-electron chi connectivity index (χ0n) is 13.7. The van der Waals surface area contributed by atoms with Gasteiger partial charge in [-0.05, 0) is 36.6 Å². The van der Waals surface area contributed by atoms with Crippen LogP contribution < -0.4 is 0 Å². The third-order valence-electron chi connectivity index (χ3n) is 4.58. The highest BCUT2D eigenvalue weighted by Gasteiger charge is 2.33. The van der Waals surface area contributed by atoms with E-state index in [1.807, 2.05) is 30.3 Å². The van der Waals surface area contributed by atoms with Crippen LogP contribution in [-0.2, 0) is 0 Å². The second-order valence-corrected chi connectivity index (χ2v) is 7.00. The number of rotatable bonds is 4. The van der Waals surface area contributed by atoms with Crippen LogP contribution in [0.2, 0.25) is 5.02 Å². The van der Waals surface area contributed by atoms with Gasteiger partial charge in [0.05, 0.1) is 11.2 Å². The largest absolute Gasteiger partial charge is 0.388 e. The Labute approximate surface area is 147 Å². The molecule has 1 N–H and O–H groups in total. The molecule has 1 aromatic carbocycles. The summed E-state index contributed by atoms with van der Waals surface area (Å²) >= 11 is 5.92. The van der Waals surface area contributed by atoms with Crippen LogP contribution in [0.1, 0.15) is 36.0 Å². The fraction of sp³-hybridized carbons (Fsp3) is 0.368. The first-order valence-corrected chi connectivity index (χ1v) is 8.53. The third-order valence-corrected chi connectivity index (χ3v) is 4.83. The van der Waals surface area contributed by atoms with Crippen molar-refractivity contribution >= 4 is 17.5 Å². The van der Waals surface area contributed by atoms with Gasteiger partial charge in [-0.1, -0.05) is 36.6 Å². The predicted octanol–water partition coefficient (Wildman–Crippen LogP) is 3.78. The van der Waals surface area contributed by atoms with Gasteiger partial charge in [0.1, 0.15) is 0 Å². The molecule has 1 aliphatic rings. The van der Waals surface area contributed by atoms with Crippen LogP contribution in [0.25, 0.3) is 11.1 Å². The Hall–Kier alpha value is -1.91. The van der Waals surface area contributed by atoms with Gasteiger partial charge in [-0.25, -0.2) is 0 Å². The van der Waals surface area contributed by atoms with Crippen LogP contribution >= 0.6 is 11.6 Å². The van der Waals surface area contributed by atoms with Gasteiger partial charge in [0.15, 0.2) is 0 Å². The molecule has 0 aliphatic heterocycles. The predicted molar refractivity (Wildman–Crippen MR) is 95.1 cm³/mol. The zero-order valence-corrected chi connectivity index (χ0v) is 14.5. The molecule has 4 nitrogen and oxygen atoms in total. The number of halogens is 1. The maximum Gasteiger partial charge on any atom is 0.255 e. The number of carbonyl (C=O) groups excluding carboxylic acids is 1. The molecule has 1 aromatic heterocycles. The fourth-order valence-corrected chi connectivity index (χ4v) is 3.41. The molecule has 0 saturated heterocycles. The van der Waals surface area contributed by atoms with E-state index in [1.54, 1.807) is 24.3 Å². The highest BCUT2D eigenvalue weighted by Crippen LogP contribution is 2.30. The second kappa shape index (κ2) is 6.91. The molecule has 0 bridgehead atoms. The molecule has 1 aliphatic carbocycles. The minimum Gasteiger partial charge on any atom is -0.388 e. The SMILES string of the molecule is CN(CC1(O)CCCC1)C(=O)c1cncc(-c2ccc(Cl)cc2)c1. The molecule has 3 rings (SSSR count). The van der Waals surface area contributed by atoms with Crippen molar-refractivity contribution in [2.45, 2.75) is 31.3 Å². The lowest BCUT2D eigenvalue weighted by atomic mass is 10.0. The van der Waals surface area contributed by atoms with Gasteiger partial charge < -0.3 is 10.0 Å². The summed E-state index contributed by atoms with van der Waals surface area (Å²) in [5.41, 5.74) is 1.60. The van der Waals surface area contributed by atoms with Crippen LogP contribution in [0.4, 0.5) is 0 Å². The quantitative estimate of drug-likeness (QED) is 0.918. The number of carbonyl (C=O) groups is 1. The molecule has 1 fully saturated rings. The van der Waals surface area contributed by atoms with E-state index in [0.717, 1.165) is 36.8 Å².